The Labute approximate surface area is 141 Å². The molecule has 1 atom stereocenters. The third-order valence-electron chi connectivity index (χ3n) is 3.12. The van der Waals surface area contributed by atoms with E-state index in [-0.39, 0.29) is 6.04 Å². The van der Waals surface area contributed by atoms with Gasteiger partial charge in [-0.3, -0.25) is 10.1 Å². The standard InChI is InChI=1S/C17H22N2O5/c1-4-12(2)18-17(22)19-15(20)11-24-16(21)10-7-13-5-8-14(23-3)9-6-13/h5-10,12H,4,11H2,1-3H3,(H2,18,19,20,22)/b10-7+/t12-/m1/s1. The van der Waals surface area contributed by atoms with Gasteiger partial charge in [0, 0.05) is 12.1 Å². The molecule has 0 aliphatic heterocycles. The Bertz CT molecular complexity index is 596. The van der Waals surface area contributed by atoms with Crippen molar-refractivity contribution in [1.29, 1.82) is 0 Å². The lowest BCUT2D eigenvalue weighted by molar-refractivity contribution is -0.143. The van der Waals surface area contributed by atoms with Crippen molar-refractivity contribution in [3.05, 3.63) is 35.9 Å². The molecule has 0 aromatic heterocycles. The number of ether oxygens (including phenoxy) is 2. The van der Waals surface area contributed by atoms with Gasteiger partial charge in [0.05, 0.1) is 7.11 Å². The Balaban J connectivity index is 2.35. The smallest absolute Gasteiger partial charge is 0.331 e. The van der Waals surface area contributed by atoms with Crippen LogP contribution in [-0.4, -0.2) is 37.7 Å². The molecule has 1 aromatic rings. The van der Waals surface area contributed by atoms with Crippen molar-refractivity contribution in [2.75, 3.05) is 13.7 Å². The van der Waals surface area contributed by atoms with Crippen LogP contribution in [0, 0.1) is 0 Å². The van der Waals surface area contributed by atoms with Crippen LogP contribution in [0.4, 0.5) is 4.79 Å². The molecule has 2 N–H and O–H groups in total. The molecular formula is C17H22N2O5. The van der Waals surface area contributed by atoms with Crippen LogP contribution in [0.15, 0.2) is 30.3 Å². The Kier molecular flexibility index (Phi) is 8.04. The predicted molar refractivity (Wildman–Crippen MR) is 89.4 cm³/mol. The molecule has 0 aliphatic carbocycles. The molecule has 0 bridgehead atoms. The zero-order valence-electron chi connectivity index (χ0n) is 14.0. The van der Waals surface area contributed by atoms with Gasteiger partial charge in [0.1, 0.15) is 5.75 Å². The minimum Gasteiger partial charge on any atom is -0.497 e. The molecule has 0 spiro atoms. The third kappa shape index (κ3) is 7.44. The van der Waals surface area contributed by atoms with E-state index in [1.807, 2.05) is 13.8 Å². The maximum absolute atomic E-state index is 11.5. The number of amides is 3. The summed E-state index contributed by atoms with van der Waals surface area (Å²) >= 11 is 0. The van der Waals surface area contributed by atoms with Crippen LogP contribution < -0.4 is 15.4 Å². The largest absolute Gasteiger partial charge is 0.497 e. The first-order valence-corrected chi connectivity index (χ1v) is 7.53. The number of urea groups is 1. The van der Waals surface area contributed by atoms with Gasteiger partial charge < -0.3 is 14.8 Å². The number of methoxy groups -OCH3 is 1. The molecule has 130 valence electrons. The minimum atomic E-state index is -0.693. The van der Waals surface area contributed by atoms with Gasteiger partial charge in [-0.05, 0) is 37.1 Å². The van der Waals surface area contributed by atoms with Crippen LogP contribution >= 0.6 is 0 Å². The minimum absolute atomic E-state index is 0.0484. The van der Waals surface area contributed by atoms with E-state index in [0.717, 1.165) is 12.0 Å². The summed E-state index contributed by atoms with van der Waals surface area (Å²) in [5.41, 5.74) is 0.783. The van der Waals surface area contributed by atoms with E-state index in [9.17, 15) is 14.4 Å². The lowest BCUT2D eigenvalue weighted by Gasteiger charge is -2.11. The fourth-order valence-corrected chi connectivity index (χ4v) is 1.59. The number of hydrogen-bond acceptors (Lipinski definition) is 5. The van der Waals surface area contributed by atoms with Crippen molar-refractivity contribution in [2.45, 2.75) is 26.3 Å². The molecule has 7 nitrogen and oxygen atoms in total. The first-order valence-electron chi connectivity index (χ1n) is 7.53. The second kappa shape index (κ2) is 10.0. The van der Waals surface area contributed by atoms with E-state index in [1.165, 1.54) is 6.08 Å². The second-order valence-corrected chi connectivity index (χ2v) is 5.05. The molecule has 1 rings (SSSR count). The average molecular weight is 334 g/mol. The SMILES string of the molecule is CC[C@@H](C)NC(=O)NC(=O)COC(=O)/C=C/c1ccc(OC)cc1. The highest BCUT2D eigenvalue weighted by Gasteiger charge is 2.11. The van der Waals surface area contributed by atoms with E-state index >= 15 is 0 Å². The van der Waals surface area contributed by atoms with Crippen LogP contribution in [0.3, 0.4) is 0 Å². The molecule has 0 saturated carbocycles. The highest BCUT2D eigenvalue weighted by molar-refractivity contribution is 5.96. The van der Waals surface area contributed by atoms with Crippen LogP contribution in [0.5, 0.6) is 5.75 Å². The van der Waals surface area contributed by atoms with Crippen molar-refractivity contribution < 1.29 is 23.9 Å². The van der Waals surface area contributed by atoms with E-state index in [2.05, 4.69) is 10.6 Å². The summed E-state index contributed by atoms with van der Waals surface area (Å²) in [6, 6.07) is 6.40. The van der Waals surface area contributed by atoms with Gasteiger partial charge in [-0.2, -0.15) is 0 Å². The van der Waals surface area contributed by atoms with Gasteiger partial charge >= 0.3 is 12.0 Å². The highest BCUT2D eigenvalue weighted by Crippen LogP contribution is 2.12. The number of benzene rings is 1. The van der Waals surface area contributed by atoms with Gasteiger partial charge in [0.15, 0.2) is 6.61 Å². The van der Waals surface area contributed by atoms with Gasteiger partial charge in [0.25, 0.3) is 5.91 Å². The predicted octanol–water partition coefficient (Wildman–Crippen LogP) is 1.88. The van der Waals surface area contributed by atoms with E-state index in [4.69, 9.17) is 9.47 Å². The highest BCUT2D eigenvalue weighted by atomic mass is 16.5. The number of rotatable bonds is 7. The fourth-order valence-electron chi connectivity index (χ4n) is 1.59. The molecule has 7 heteroatoms. The van der Waals surface area contributed by atoms with Gasteiger partial charge in [0.2, 0.25) is 0 Å². The summed E-state index contributed by atoms with van der Waals surface area (Å²) in [5.74, 6) is -0.660. The van der Waals surface area contributed by atoms with E-state index < -0.39 is 24.5 Å². The summed E-state index contributed by atoms with van der Waals surface area (Å²) < 4.78 is 9.79. The molecule has 1 aromatic carbocycles. The van der Waals surface area contributed by atoms with Crippen molar-refractivity contribution in [1.82, 2.24) is 10.6 Å². The molecule has 3 amide bonds. The first kappa shape index (κ1) is 19.2. The van der Waals surface area contributed by atoms with E-state index in [1.54, 1.807) is 37.5 Å². The Morgan fingerprint density at radius 2 is 1.88 bits per heavy atom. The fraction of sp³-hybridized carbons (Fsp3) is 0.353. The number of hydrogen-bond donors (Lipinski definition) is 2. The monoisotopic (exact) mass is 334 g/mol. The summed E-state index contributed by atoms with van der Waals surface area (Å²) in [4.78, 5) is 34.4. The van der Waals surface area contributed by atoms with E-state index in [0.29, 0.717) is 5.75 Å². The summed E-state index contributed by atoms with van der Waals surface area (Å²) in [5, 5.41) is 4.65. The summed E-state index contributed by atoms with van der Waals surface area (Å²) in [7, 11) is 1.57. The van der Waals surface area contributed by atoms with Gasteiger partial charge in [-0.1, -0.05) is 19.1 Å². The second-order valence-electron chi connectivity index (χ2n) is 5.05. The average Bonchev–Trinajstić information content (AvgIpc) is 2.58. The lowest BCUT2D eigenvalue weighted by Crippen LogP contribution is -2.44. The Morgan fingerprint density at radius 3 is 2.46 bits per heavy atom. The number of carbonyl (C=O) groups is 3. The number of esters is 1. The van der Waals surface area contributed by atoms with Crippen molar-refractivity contribution in [3.8, 4) is 5.75 Å². The zero-order valence-corrected chi connectivity index (χ0v) is 14.0. The molecule has 0 radical (unpaired) electrons. The maximum atomic E-state index is 11.5. The third-order valence-corrected chi connectivity index (χ3v) is 3.12. The topological polar surface area (TPSA) is 93.7 Å². The summed E-state index contributed by atoms with van der Waals surface area (Å²) in [6.45, 7) is 3.19. The van der Waals surface area contributed by atoms with Crippen LogP contribution in [0.25, 0.3) is 6.08 Å². The van der Waals surface area contributed by atoms with Gasteiger partial charge in [-0.15, -0.1) is 0 Å². The lowest BCUT2D eigenvalue weighted by atomic mass is 10.2. The molecule has 0 aliphatic rings. The van der Waals surface area contributed by atoms with Crippen LogP contribution in [0.1, 0.15) is 25.8 Å². The molecule has 0 unspecified atom stereocenters. The quantitative estimate of drug-likeness (QED) is 0.586. The number of carbonyl (C=O) groups excluding carboxylic acids is 3. The Hall–Kier alpha value is -2.83. The normalized spacial score (nSPS) is 11.6. The molecule has 0 saturated heterocycles. The van der Waals surface area contributed by atoms with Crippen molar-refractivity contribution in [2.24, 2.45) is 0 Å². The summed E-state index contributed by atoms with van der Waals surface area (Å²) in [6.07, 6.45) is 3.50. The van der Waals surface area contributed by atoms with Crippen LogP contribution in [-0.2, 0) is 14.3 Å². The zero-order chi connectivity index (χ0) is 17.9. The van der Waals surface area contributed by atoms with Crippen molar-refractivity contribution >= 4 is 24.0 Å². The molecule has 24 heavy (non-hydrogen) atoms. The number of nitrogens with one attached hydrogen (secondary N) is 2. The van der Waals surface area contributed by atoms with Crippen LogP contribution in [0.2, 0.25) is 0 Å². The molecule has 0 heterocycles. The van der Waals surface area contributed by atoms with Crippen molar-refractivity contribution in [3.63, 3.8) is 0 Å². The van der Waals surface area contributed by atoms with Gasteiger partial charge in [-0.25, -0.2) is 9.59 Å². The molecular weight excluding hydrogens is 312 g/mol. The molecule has 0 fully saturated rings. The Morgan fingerprint density at radius 1 is 1.21 bits per heavy atom. The number of imide groups is 1. The maximum Gasteiger partial charge on any atom is 0.331 e. The first-order chi connectivity index (χ1) is 11.4.